The summed E-state index contributed by atoms with van der Waals surface area (Å²) in [7, 11) is 0. The summed E-state index contributed by atoms with van der Waals surface area (Å²) in [5.74, 6) is -1.05. The van der Waals surface area contributed by atoms with Crippen molar-refractivity contribution in [2.45, 2.75) is 13.8 Å². The van der Waals surface area contributed by atoms with Crippen LogP contribution in [-0.4, -0.2) is 10.9 Å². The molecule has 0 saturated carbocycles. The van der Waals surface area contributed by atoms with Gasteiger partial charge in [0.2, 0.25) is 0 Å². The van der Waals surface area contributed by atoms with Gasteiger partial charge in [-0.05, 0) is 38.1 Å². The molecule has 1 N–H and O–H groups in total. The van der Waals surface area contributed by atoms with E-state index in [4.69, 9.17) is 8.83 Å². The van der Waals surface area contributed by atoms with Crippen LogP contribution in [0.15, 0.2) is 55.0 Å². The van der Waals surface area contributed by atoms with Crippen molar-refractivity contribution in [3.05, 3.63) is 79.7 Å². The normalized spacial score (nSPS) is 11.3. The lowest BCUT2D eigenvalue weighted by Gasteiger charge is -2.01. The third-order valence-electron chi connectivity index (χ3n) is 3.67. The summed E-state index contributed by atoms with van der Waals surface area (Å²) in [5.41, 5.74) is -0.220. The Hall–Kier alpha value is -3.41. The molecule has 0 unspecified atom stereocenters. The molecule has 1 aromatic carbocycles. The van der Waals surface area contributed by atoms with Crippen LogP contribution >= 0.6 is 0 Å². The second kappa shape index (κ2) is 6.24. The molecule has 6 heteroatoms. The van der Waals surface area contributed by atoms with Crippen molar-refractivity contribution < 1.29 is 18.7 Å². The van der Waals surface area contributed by atoms with Crippen LogP contribution in [0.25, 0.3) is 17.0 Å². The average molecular weight is 338 g/mol. The zero-order valence-electron chi connectivity index (χ0n) is 13.5. The number of carbonyl (C=O) groups excluding carboxylic acids is 1. The number of allylic oxidation sites excluding steroid dienone is 1. The van der Waals surface area contributed by atoms with Crippen LogP contribution in [0.4, 0.5) is 0 Å². The van der Waals surface area contributed by atoms with Crippen molar-refractivity contribution in [3.63, 3.8) is 0 Å². The second-order valence-corrected chi connectivity index (χ2v) is 5.62. The molecule has 0 amide bonds. The first-order valence-electron chi connectivity index (χ1n) is 7.45. The maximum Gasteiger partial charge on any atom is 0.351 e. The van der Waals surface area contributed by atoms with Gasteiger partial charge in [-0.1, -0.05) is 11.6 Å². The summed E-state index contributed by atoms with van der Waals surface area (Å²) in [6, 6.07) is 6.39. The molecule has 3 aromatic rings. The molecule has 0 atom stereocenters. The van der Waals surface area contributed by atoms with Crippen molar-refractivity contribution in [1.29, 1.82) is 0 Å². The van der Waals surface area contributed by atoms with Gasteiger partial charge in [0.15, 0.2) is 11.2 Å². The smallest absolute Gasteiger partial charge is 0.351 e. The molecule has 25 heavy (non-hydrogen) atoms. The number of aryl methyl sites for hydroxylation is 2. The first kappa shape index (κ1) is 16.4. The molecule has 0 fully saturated rings. The van der Waals surface area contributed by atoms with Crippen molar-refractivity contribution in [2.24, 2.45) is 0 Å². The highest BCUT2D eigenvalue weighted by atomic mass is 16.4. The van der Waals surface area contributed by atoms with Crippen LogP contribution in [0.3, 0.4) is 0 Å². The number of fused-ring (bicyclic) bond motifs is 1. The van der Waals surface area contributed by atoms with E-state index in [1.54, 1.807) is 12.1 Å². The van der Waals surface area contributed by atoms with Gasteiger partial charge in [-0.3, -0.25) is 9.59 Å². The molecule has 2 aromatic heterocycles. The maximum absolute atomic E-state index is 12.5. The van der Waals surface area contributed by atoms with Gasteiger partial charge in [0.1, 0.15) is 28.9 Å². The van der Waals surface area contributed by atoms with Crippen LogP contribution in [0.2, 0.25) is 0 Å². The molecule has 2 heterocycles. The predicted molar refractivity (Wildman–Crippen MR) is 92.0 cm³/mol. The van der Waals surface area contributed by atoms with Gasteiger partial charge in [0, 0.05) is 6.07 Å². The molecule has 0 aliphatic heterocycles. The fourth-order valence-corrected chi connectivity index (χ4v) is 2.45. The van der Waals surface area contributed by atoms with Gasteiger partial charge in [-0.2, -0.15) is 0 Å². The molecule has 0 aliphatic rings. The van der Waals surface area contributed by atoms with Gasteiger partial charge < -0.3 is 13.9 Å². The van der Waals surface area contributed by atoms with E-state index in [0.29, 0.717) is 11.0 Å². The second-order valence-electron chi connectivity index (χ2n) is 5.62. The lowest BCUT2D eigenvalue weighted by Crippen LogP contribution is -2.13. The number of ketones is 1. The summed E-state index contributed by atoms with van der Waals surface area (Å²) in [6.45, 7) is 3.33. The van der Waals surface area contributed by atoms with Crippen molar-refractivity contribution in [1.82, 2.24) is 0 Å². The highest BCUT2D eigenvalue weighted by Crippen LogP contribution is 2.17. The Kier molecular flexibility index (Phi) is 4.10. The molecule has 0 radical (unpaired) electrons. The van der Waals surface area contributed by atoms with E-state index in [1.165, 1.54) is 25.3 Å². The standard InChI is InChI=1S/C19H14O6/c1-10-3-6-16-13(7-10)18(22)12(9-24-16)4-5-14(20)17-15(21)8-11(2)25-19(17)23/h3-9,21H,1-2H3/b5-4+. The van der Waals surface area contributed by atoms with Crippen LogP contribution in [-0.2, 0) is 0 Å². The van der Waals surface area contributed by atoms with E-state index >= 15 is 0 Å². The number of benzene rings is 1. The first-order chi connectivity index (χ1) is 11.9. The summed E-state index contributed by atoms with van der Waals surface area (Å²) < 4.78 is 10.2. The van der Waals surface area contributed by atoms with E-state index in [1.807, 2.05) is 13.0 Å². The highest BCUT2D eigenvalue weighted by Gasteiger charge is 2.16. The summed E-state index contributed by atoms with van der Waals surface area (Å²) in [5, 5.41) is 10.2. The van der Waals surface area contributed by atoms with Crippen LogP contribution in [0.1, 0.15) is 27.2 Å². The quantitative estimate of drug-likeness (QED) is 0.582. The first-order valence-corrected chi connectivity index (χ1v) is 7.45. The monoisotopic (exact) mass is 338 g/mol. The van der Waals surface area contributed by atoms with Crippen molar-refractivity contribution >= 4 is 22.8 Å². The van der Waals surface area contributed by atoms with E-state index in [2.05, 4.69) is 0 Å². The minimum atomic E-state index is -0.937. The van der Waals surface area contributed by atoms with E-state index in [-0.39, 0.29) is 16.8 Å². The number of hydrogen-bond acceptors (Lipinski definition) is 6. The van der Waals surface area contributed by atoms with Gasteiger partial charge in [0.05, 0.1) is 10.9 Å². The summed E-state index contributed by atoms with van der Waals surface area (Å²) in [4.78, 5) is 36.3. The van der Waals surface area contributed by atoms with Crippen LogP contribution in [0, 0.1) is 13.8 Å². The van der Waals surface area contributed by atoms with Gasteiger partial charge in [-0.25, -0.2) is 4.79 Å². The number of carbonyl (C=O) groups is 1. The van der Waals surface area contributed by atoms with Gasteiger partial charge in [0.25, 0.3) is 0 Å². The Bertz CT molecular complexity index is 1130. The topological polar surface area (TPSA) is 97.7 Å². The Morgan fingerprint density at radius 1 is 1.16 bits per heavy atom. The zero-order valence-corrected chi connectivity index (χ0v) is 13.5. The molecular formula is C19H14O6. The van der Waals surface area contributed by atoms with E-state index in [9.17, 15) is 19.5 Å². The van der Waals surface area contributed by atoms with Crippen molar-refractivity contribution in [2.75, 3.05) is 0 Å². The minimum Gasteiger partial charge on any atom is -0.507 e. The molecular weight excluding hydrogens is 324 g/mol. The van der Waals surface area contributed by atoms with Crippen molar-refractivity contribution in [3.8, 4) is 5.75 Å². The summed E-state index contributed by atoms with van der Waals surface area (Å²) in [6.07, 6.45) is 3.51. The Balaban J connectivity index is 2.02. The molecule has 0 spiro atoms. The fraction of sp³-hybridized carbons (Fsp3) is 0.105. The third-order valence-corrected chi connectivity index (χ3v) is 3.67. The molecule has 126 valence electrons. The lowest BCUT2D eigenvalue weighted by molar-refractivity contribution is 0.104. The molecule has 0 bridgehead atoms. The summed E-state index contributed by atoms with van der Waals surface area (Å²) >= 11 is 0. The largest absolute Gasteiger partial charge is 0.507 e. The van der Waals surface area contributed by atoms with E-state index < -0.39 is 22.7 Å². The van der Waals surface area contributed by atoms with Crippen LogP contribution in [0.5, 0.6) is 5.75 Å². The maximum atomic E-state index is 12.5. The number of rotatable bonds is 3. The van der Waals surface area contributed by atoms with E-state index in [0.717, 1.165) is 11.6 Å². The number of aromatic hydroxyl groups is 1. The molecule has 0 aliphatic carbocycles. The minimum absolute atomic E-state index is 0.155. The lowest BCUT2D eigenvalue weighted by atomic mass is 10.1. The fourth-order valence-electron chi connectivity index (χ4n) is 2.45. The predicted octanol–water partition coefficient (Wildman–Crippen LogP) is 2.96. The van der Waals surface area contributed by atoms with Gasteiger partial charge in [-0.15, -0.1) is 0 Å². The Morgan fingerprint density at radius 3 is 2.64 bits per heavy atom. The molecule has 6 nitrogen and oxygen atoms in total. The Morgan fingerprint density at radius 2 is 1.92 bits per heavy atom. The molecule has 3 rings (SSSR count). The Labute approximate surface area is 141 Å². The molecule has 0 saturated heterocycles. The number of hydrogen-bond donors (Lipinski definition) is 1. The zero-order chi connectivity index (χ0) is 18.1. The average Bonchev–Trinajstić information content (AvgIpc) is 2.54. The highest BCUT2D eigenvalue weighted by molar-refractivity contribution is 6.08. The third kappa shape index (κ3) is 3.14. The van der Waals surface area contributed by atoms with Crippen LogP contribution < -0.4 is 11.1 Å². The SMILES string of the molecule is Cc1ccc2occ(/C=C/C(=O)c3c(O)cc(C)oc3=O)c(=O)c2c1. The van der Waals surface area contributed by atoms with Gasteiger partial charge >= 0.3 is 5.63 Å².